The molecule has 7 heteroatoms. The Morgan fingerprint density at radius 1 is 1.20 bits per heavy atom. The molecule has 0 spiro atoms. The Labute approximate surface area is 115 Å². The van der Waals surface area contributed by atoms with E-state index < -0.39 is 17.5 Å². The van der Waals surface area contributed by atoms with Crippen molar-refractivity contribution in [1.29, 1.82) is 0 Å². The summed E-state index contributed by atoms with van der Waals surface area (Å²) in [7, 11) is 1.96. The van der Waals surface area contributed by atoms with Gasteiger partial charge in [-0.3, -0.25) is 4.79 Å². The van der Waals surface area contributed by atoms with Crippen molar-refractivity contribution in [1.82, 2.24) is 9.80 Å². The number of nitrogens with zero attached hydrogens (tertiary/aromatic N) is 2. The first-order valence-corrected chi connectivity index (χ1v) is 6.32. The van der Waals surface area contributed by atoms with Gasteiger partial charge in [-0.05, 0) is 7.05 Å². The Balaban J connectivity index is 1.93. The van der Waals surface area contributed by atoms with Gasteiger partial charge in [0.25, 0.3) is 0 Å². The Kier molecular flexibility index (Phi) is 4.49. The first-order valence-electron chi connectivity index (χ1n) is 6.32. The van der Waals surface area contributed by atoms with Crippen LogP contribution < -0.4 is 5.32 Å². The van der Waals surface area contributed by atoms with E-state index in [1.807, 2.05) is 7.05 Å². The zero-order chi connectivity index (χ0) is 14.7. The number of hydrogen-bond acceptors (Lipinski definition) is 3. The summed E-state index contributed by atoms with van der Waals surface area (Å²) in [5.41, 5.74) is -0.343. The minimum atomic E-state index is -1.28. The summed E-state index contributed by atoms with van der Waals surface area (Å²) >= 11 is 0. The highest BCUT2D eigenvalue weighted by Gasteiger charge is 2.19. The summed E-state index contributed by atoms with van der Waals surface area (Å²) in [6.07, 6.45) is 0. The topological polar surface area (TPSA) is 35.6 Å². The zero-order valence-corrected chi connectivity index (χ0v) is 11.1. The minimum Gasteiger partial charge on any atom is -0.374 e. The number of benzene rings is 1. The lowest BCUT2D eigenvalue weighted by Crippen LogP contribution is -2.48. The van der Waals surface area contributed by atoms with E-state index in [0.29, 0.717) is 19.2 Å². The first-order chi connectivity index (χ1) is 9.47. The number of halogens is 3. The monoisotopic (exact) mass is 287 g/mol. The van der Waals surface area contributed by atoms with E-state index in [-0.39, 0.29) is 18.1 Å². The number of carbonyl (C=O) groups is 1. The average Bonchev–Trinajstić information content (AvgIpc) is 2.41. The number of piperazine rings is 1. The number of anilines is 1. The largest absolute Gasteiger partial charge is 0.374 e. The van der Waals surface area contributed by atoms with Crippen molar-refractivity contribution < 1.29 is 18.0 Å². The summed E-state index contributed by atoms with van der Waals surface area (Å²) in [6.45, 7) is 2.54. The van der Waals surface area contributed by atoms with Gasteiger partial charge in [-0.2, -0.15) is 0 Å². The van der Waals surface area contributed by atoms with Crippen molar-refractivity contribution in [3.63, 3.8) is 0 Å². The van der Waals surface area contributed by atoms with Gasteiger partial charge in [-0.1, -0.05) is 0 Å². The molecule has 0 unspecified atom stereocenters. The molecule has 0 atom stereocenters. The third-order valence-electron chi connectivity index (χ3n) is 3.28. The first kappa shape index (κ1) is 14.6. The zero-order valence-electron chi connectivity index (χ0n) is 11.1. The smallest absolute Gasteiger partial charge is 0.241 e. The fourth-order valence-electron chi connectivity index (χ4n) is 2.02. The van der Waals surface area contributed by atoms with Crippen molar-refractivity contribution in [3.05, 3.63) is 29.6 Å². The molecule has 0 radical (unpaired) electrons. The van der Waals surface area contributed by atoms with Crippen molar-refractivity contribution in [2.24, 2.45) is 0 Å². The molecule has 1 N–H and O–H groups in total. The van der Waals surface area contributed by atoms with Gasteiger partial charge in [0.15, 0.2) is 11.6 Å². The van der Waals surface area contributed by atoms with Crippen LogP contribution in [0.2, 0.25) is 0 Å². The molecule has 1 saturated heterocycles. The predicted octanol–water partition coefficient (Wildman–Crippen LogP) is 1.29. The van der Waals surface area contributed by atoms with Gasteiger partial charge in [0.05, 0.1) is 12.2 Å². The second-order valence-corrected chi connectivity index (χ2v) is 4.79. The van der Waals surface area contributed by atoms with Gasteiger partial charge in [0.1, 0.15) is 5.82 Å². The van der Waals surface area contributed by atoms with Crippen LogP contribution in [0.5, 0.6) is 0 Å². The van der Waals surface area contributed by atoms with Gasteiger partial charge < -0.3 is 15.1 Å². The highest BCUT2D eigenvalue weighted by Crippen LogP contribution is 2.18. The van der Waals surface area contributed by atoms with Crippen LogP contribution in [-0.4, -0.2) is 55.5 Å². The van der Waals surface area contributed by atoms with Crippen LogP contribution in [-0.2, 0) is 4.79 Å². The third kappa shape index (κ3) is 3.41. The van der Waals surface area contributed by atoms with Crippen LogP contribution in [0.15, 0.2) is 12.1 Å². The van der Waals surface area contributed by atoms with Crippen molar-refractivity contribution in [2.75, 3.05) is 45.1 Å². The van der Waals surface area contributed by atoms with E-state index in [1.165, 1.54) is 0 Å². The fourth-order valence-corrected chi connectivity index (χ4v) is 2.02. The van der Waals surface area contributed by atoms with Gasteiger partial charge >= 0.3 is 0 Å². The van der Waals surface area contributed by atoms with Crippen LogP contribution in [0.25, 0.3) is 0 Å². The Hall–Kier alpha value is -1.76. The molecule has 0 aliphatic carbocycles. The number of nitrogens with one attached hydrogen (secondary N) is 1. The average molecular weight is 287 g/mol. The minimum absolute atomic E-state index is 0.191. The number of likely N-dealkylation sites (N-methyl/N-ethyl adjacent to an activating group) is 1. The van der Waals surface area contributed by atoms with E-state index in [1.54, 1.807) is 4.90 Å². The van der Waals surface area contributed by atoms with E-state index in [4.69, 9.17) is 0 Å². The molecule has 1 heterocycles. The van der Waals surface area contributed by atoms with Gasteiger partial charge in [-0.15, -0.1) is 0 Å². The fraction of sp³-hybridized carbons (Fsp3) is 0.462. The van der Waals surface area contributed by atoms with E-state index in [2.05, 4.69) is 10.2 Å². The molecule has 110 valence electrons. The molecule has 4 nitrogen and oxygen atoms in total. The maximum Gasteiger partial charge on any atom is 0.241 e. The number of hydrogen-bond donors (Lipinski definition) is 1. The van der Waals surface area contributed by atoms with E-state index >= 15 is 0 Å². The van der Waals surface area contributed by atoms with Crippen molar-refractivity contribution in [2.45, 2.75) is 0 Å². The highest BCUT2D eigenvalue weighted by atomic mass is 19.2. The lowest BCUT2D eigenvalue weighted by Gasteiger charge is -2.32. The van der Waals surface area contributed by atoms with Crippen LogP contribution in [0, 0.1) is 17.5 Å². The van der Waals surface area contributed by atoms with Gasteiger partial charge in [0.2, 0.25) is 5.91 Å². The molecule has 1 aliphatic heterocycles. The summed E-state index contributed by atoms with van der Waals surface area (Å²) in [5.74, 6) is -3.57. The summed E-state index contributed by atoms with van der Waals surface area (Å²) in [4.78, 5) is 15.6. The van der Waals surface area contributed by atoms with Crippen LogP contribution >= 0.6 is 0 Å². The second kappa shape index (κ2) is 6.13. The Bertz CT molecular complexity index is 502. The standard InChI is InChI=1S/C13H16F3N3O/c1-18-2-4-19(5-3-18)12(20)8-17-11-7-9(14)6-10(15)13(11)16/h6-7,17H,2-5,8H2,1H3. The van der Waals surface area contributed by atoms with Crippen LogP contribution in [0.3, 0.4) is 0 Å². The number of amides is 1. The van der Waals surface area contributed by atoms with E-state index in [9.17, 15) is 18.0 Å². The molecular formula is C13H16F3N3O. The molecule has 20 heavy (non-hydrogen) atoms. The molecule has 0 bridgehead atoms. The molecule has 1 aromatic carbocycles. The lowest BCUT2D eigenvalue weighted by atomic mass is 10.2. The molecule has 1 fully saturated rings. The molecule has 1 aliphatic rings. The van der Waals surface area contributed by atoms with Crippen LogP contribution in [0.1, 0.15) is 0 Å². The maximum atomic E-state index is 13.4. The molecular weight excluding hydrogens is 271 g/mol. The molecule has 0 saturated carbocycles. The predicted molar refractivity (Wildman–Crippen MR) is 68.9 cm³/mol. The number of rotatable bonds is 3. The summed E-state index contributed by atoms with van der Waals surface area (Å²) in [6, 6.07) is 1.29. The van der Waals surface area contributed by atoms with Crippen LogP contribution in [0.4, 0.5) is 18.9 Å². The Morgan fingerprint density at radius 2 is 1.85 bits per heavy atom. The molecule has 0 aromatic heterocycles. The summed E-state index contributed by atoms with van der Waals surface area (Å²) in [5, 5.41) is 2.44. The maximum absolute atomic E-state index is 13.4. The van der Waals surface area contributed by atoms with Gasteiger partial charge in [0, 0.05) is 38.3 Å². The molecule has 1 aromatic rings. The molecule has 2 rings (SSSR count). The van der Waals surface area contributed by atoms with Crippen molar-refractivity contribution in [3.8, 4) is 0 Å². The normalized spacial score (nSPS) is 16.3. The van der Waals surface area contributed by atoms with E-state index in [0.717, 1.165) is 19.2 Å². The lowest BCUT2D eigenvalue weighted by molar-refractivity contribution is -0.130. The summed E-state index contributed by atoms with van der Waals surface area (Å²) < 4.78 is 39.4. The third-order valence-corrected chi connectivity index (χ3v) is 3.28. The SMILES string of the molecule is CN1CCN(C(=O)CNc2cc(F)cc(F)c2F)CC1. The Morgan fingerprint density at radius 3 is 2.50 bits per heavy atom. The quantitative estimate of drug-likeness (QED) is 0.851. The second-order valence-electron chi connectivity index (χ2n) is 4.79. The van der Waals surface area contributed by atoms with Crippen molar-refractivity contribution >= 4 is 11.6 Å². The highest BCUT2D eigenvalue weighted by molar-refractivity contribution is 5.81. The van der Waals surface area contributed by atoms with Gasteiger partial charge in [-0.25, -0.2) is 13.2 Å². The number of carbonyl (C=O) groups excluding carboxylic acids is 1. The molecule has 1 amide bonds.